The van der Waals surface area contributed by atoms with E-state index in [-0.39, 0.29) is 4.34 Å². The molecule has 0 aliphatic rings. The van der Waals surface area contributed by atoms with Gasteiger partial charge in [-0.05, 0) is 13.8 Å². The number of nitrogens with zero attached hydrogens (tertiary/aromatic N) is 1. The molecule has 1 heterocycles. The Kier molecular flexibility index (Phi) is 4.89. The van der Waals surface area contributed by atoms with Crippen LogP contribution in [0.5, 0.6) is 0 Å². The summed E-state index contributed by atoms with van der Waals surface area (Å²) < 4.78 is 22.1. The summed E-state index contributed by atoms with van der Waals surface area (Å²) in [5, 5.41) is 9.54. The van der Waals surface area contributed by atoms with Gasteiger partial charge in [-0.15, -0.1) is 11.3 Å². The molecule has 0 radical (unpaired) electrons. The van der Waals surface area contributed by atoms with E-state index in [1.54, 1.807) is 13.8 Å². The van der Waals surface area contributed by atoms with Crippen LogP contribution in [0.15, 0.2) is 10.5 Å². The van der Waals surface area contributed by atoms with Gasteiger partial charge >= 0.3 is 0 Å². The Morgan fingerprint density at radius 2 is 1.87 bits per heavy atom. The lowest BCUT2D eigenvalue weighted by molar-refractivity contribution is 0.0823. The summed E-state index contributed by atoms with van der Waals surface area (Å²) in [6.07, 6.45) is 2.49. The van der Waals surface area contributed by atoms with Crippen LogP contribution in [0.3, 0.4) is 0 Å². The van der Waals surface area contributed by atoms with Crippen LogP contribution in [0.1, 0.15) is 32.6 Å². The van der Waals surface area contributed by atoms with Crippen LogP contribution in [0.2, 0.25) is 0 Å². The average molecular weight is 251 g/mol. The fourth-order valence-corrected chi connectivity index (χ4v) is 2.48. The number of hydrogen-bond acceptors (Lipinski definition) is 5. The maximum Gasteiger partial charge on any atom is 0.209 e. The van der Waals surface area contributed by atoms with Gasteiger partial charge in [-0.1, -0.05) is 13.8 Å². The summed E-state index contributed by atoms with van der Waals surface area (Å²) >= 11 is 0.998. The number of hydrogen-bond donors (Lipinski definition) is 1. The second kappa shape index (κ2) is 5.05. The summed E-state index contributed by atoms with van der Waals surface area (Å²) in [5.74, 6) is 0. The average Bonchev–Trinajstić information content (AvgIpc) is 2.53. The zero-order chi connectivity index (χ0) is 12.3. The van der Waals surface area contributed by atoms with Crippen molar-refractivity contribution in [3.8, 4) is 0 Å². The molecular formula is C9H17NO3S2. The Morgan fingerprint density at radius 1 is 1.40 bits per heavy atom. The molecule has 1 aromatic rings. The molecule has 0 aliphatic carbocycles. The monoisotopic (exact) mass is 251 g/mol. The Balaban J connectivity index is 0.000000921. The van der Waals surface area contributed by atoms with Gasteiger partial charge in [-0.2, -0.15) is 0 Å². The predicted octanol–water partition coefficient (Wildman–Crippen LogP) is 1.80. The summed E-state index contributed by atoms with van der Waals surface area (Å²) in [4.78, 5) is 4.27. The molecule has 1 rings (SSSR count). The van der Waals surface area contributed by atoms with Crippen LogP contribution in [0.25, 0.3) is 0 Å². The Labute approximate surface area is 94.9 Å². The third kappa shape index (κ3) is 4.27. The fraction of sp³-hybridized carbons (Fsp3) is 0.667. The third-order valence-corrected chi connectivity index (χ3v) is 4.41. The zero-order valence-electron chi connectivity index (χ0n) is 9.60. The summed E-state index contributed by atoms with van der Waals surface area (Å²) in [6, 6.07) is 0. The van der Waals surface area contributed by atoms with Gasteiger partial charge in [0, 0.05) is 12.5 Å². The van der Waals surface area contributed by atoms with Gasteiger partial charge in [0.05, 0.1) is 10.5 Å². The molecule has 0 saturated heterocycles. The van der Waals surface area contributed by atoms with E-state index in [1.807, 2.05) is 13.8 Å². The molecule has 88 valence electrons. The SMILES string of the molecule is CC.CC(C)(O)c1cnc(S(C)(=O)=O)s1. The van der Waals surface area contributed by atoms with Gasteiger partial charge in [0.1, 0.15) is 0 Å². The lowest BCUT2D eigenvalue weighted by Gasteiger charge is -2.12. The standard InChI is InChI=1S/C7H11NO3S2.C2H6/c1-7(2,9)5-4-8-6(12-5)13(3,10)11;1-2/h4,9H,1-3H3;1-2H3. The van der Waals surface area contributed by atoms with Crippen molar-refractivity contribution in [1.82, 2.24) is 4.98 Å². The van der Waals surface area contributed by atoms with E-state index in [0.29, 0.717) is 4.88 Å². The number of aliphatic hydroxyl groups is 1. The second-order valence-electron chi connectivity index (χ2n) is 3.32. The number of aromatic nitrogens is 1. The van der Waals surface area contributed by atoms with Gasteiger partial charge in [0.25, 0.3) is 0 Å². The maximum atomic E-state index is 11.0. The van der Waals surface area contributed by atoms with Crippen LogP contribution >= 0.6 is 11.3 Å². The van der Waals surface area contributed by atoms with Crippen molar-refractivity contribution in [2.45, 2.75) is 37.6 Å². The first-order valence-corrected chi connectivity index (χ1v) is 7.31. The van der Waals surface area contributed by atoms with Crippen molar-refractivity contribution in [3.63, 3.8) is 0 Å². The number of thiazole rings is 1. The quantitative estimate of drug-likeness (QED) is 0.870. The van der Waals surface area contributed by atoms with Crippen LogP contribution in [-0.2, 0) is 15.4 Å². The normalized spacial score (nSPS) is 11.9. The van der Waals surface area contributed by atoms with Crippen LogP contribution in [0, 0.1) is 0 Å². The Morgan fingerprint density at radius 3 is 2.07 bits per heavy atom. The van der Waals surface area contributed by atoms with Crippen molar-refractivity contribution in [2.75, 3.05) is 6.26 Å². The number of sulfone groups is 1. The number of rotatable bonds is 2. The van der Waals surface area contributed by atoms with Crippen LogP contribution < -0.4 is 0 Å². The minimum atomic E-state index is -3.25. The molecule has 0 atom stereocenters. The highest BCUT2D eigenvalue weighted by molar-refractivity contribution is 7.92. The second-order valence-corrected chi connectivity index (χ2v) is 6.54. The van der Waals surface area contributed by atoms with Crippen molar-refractivity contribution in [1.29, 1.82) is 0 Å². The topological polar surface area (TPSA) is 67.3 Å². The first-order chi connectivity index (χ1) is 6.71. The molecule has 0 fully saturated rings. The first-order valence-electron chi connectivity index (χ1n) is 4.60. The molecule has 0 bridgehead atoms. The Hall–Kier alpha value is -0.460. The van der Waals surface area contributed by atoms with E-state index in [2.05, 4.69) is 4.98 Å². The van der Waals surface area contributed by atoms with E-state index in [9.17, 15) is 13.5 Å². The van der Waals surface area contributed by atoms with Gasteiger partial charge in [0.2, 0.25) is 14.2 Å². The van der Waals surface area contributed by atoms with Crippen molar-refractivity contribution >= 4 is 21.2 Å². The fourth-order valence-electron chi connectivity index (χ4n) is 0.712. The van der Waals surface area contributed by atoms with Gasteiger partial charge in [0.15, 0.2) is 0 Å². The van der Waals surface area contributed by atoms with E-state index in [1.165, 1.54) is 6.20 Å². The largest absolute Gasteiger partial charge is 0.385 e. The van der Waals surface area contributed by atoms with Crippen LogP contribution in [-0.4, -0.2) is 24.8 Å². The lowest BCUT2D eigenvalue weighted by atomic mass is 10.1. The molecule has 15 heavy (non-hydrogen) atoms. The van der Waals surface area contributed by atoms with Gasteiger partial charge in [-0.25, -0.2) is 13.4 Å². The minimum Gasteiger partial charge on any atom is -0.385 e. The predicted molar refractivity (Wildman–Crippen MR) is 61.8 cm³/mol. The molecule has 1 N–H and O–H groups in total. The highest BCUT2D eigenvalue weighted by Gasteiger charge is 2.22. The summed E-state index contributed by atoms with van der Waals surface area (Å²) in [6.45, 7) is 7.18. The van der Waals surface area contributed by atoms with Crippen LogP contribution in [0.4, 0.5) is 0 Å². The Bertz CT molecular complexity index is 401. The highest BCUT2D eigenvalue weighted by atomic mass is 32.2. The molecule has 0 spiro atoms. The minimum absolute atomic E-state index is 0.0459. The highest BCUT2D eigenvalue weighted by Crippen LogP contribution is 2.27. The lowest BCUT2D eigenvalue weighted by Crippen LogP contribution is -2.12. The summed E-state index contributed by atoms with van der Waals surface area (Å²) in [5.41, 5.74) is -1.03. The molecule has 1 aromatic heterocycles. The zero-order valence-corrected chi connectivity index (χ0v) is 11.2. The molecule has 6 heteroatoms. The van der Waals surface area contributed by atoms with Gasteiger partial charge < -0.3 is 5.11 Å². The smallest absolute Gasteiger partial charge is 0.209 e. The molecule has 0 aromatic carbocycles. The molecule has 0 aliphatic heterocycles. The van der Waals surface area contributed by atoms with E-state index >= 15 is 0 Å². The van der Waals surface area contributed by atoms with Crippen molar-refractivity contribution in [3.05, 3.63) is 11.1 Å². The van der Waals surface area contributed by atoms with E-state index in [4.69, 9.17) is 0 Å². The first kappa shape index (κ1) is 14.5. The summed E-state index contributed by atoms with van der Waals surface area (Å²) in [7, 11) is -3.25. The van der Waals surface area contributed by atoms with E-state index < -0.39 is 15.4 Å². The maximum absolute atomic E-state index is 11.0. The molecule has 0 amide bonds. The van der Waals surface area contributed by atoms with E-state index in [0.717, 1.165) is 17.6 Å². The van der Waals surface area contributed by atoms with Crippen molar-refractivity contribution in [2.24, 2.45) is 0 Å². The molecule has 0 saturated carbocycles. The van der Waals surface area contributed by atoms with Crippen molar-refractivity contribution < 1.29 is 13.5 Å². The third-order valence-electron chi connectivity index (χ3n) is 1.40. The molecular weight excluding hydrogens is 234 g/mol. The molecule has 0 unspecified atom stereocenters. The van der Waals surface area contributed by atoms with Gasteiger partial charge in [-0.3, -0.25) is 0 Å². The molecule has 4 nitrogen and oxygen atoms in total.